The number of hydrogen-bond donors (Lipinski definition) is 2. The maximum atomic E-state index is 14.0. The normalized spacial score (nSPS) is 20.7. The molecule has 1 atom stereocenters. The van der Waals surface area contributed by atoms with E-state index in [0.29, 0.717) is 23.9 Å². The second kappa shape index (κ2) is 5.67. The van der Waals surface area contributed by atoms with Crippen molar-refractivity contribution >= 4 is 17.2 Å². The first-order valence-electron chi connectivity index (χ1n) is 8.92. The van der Waals surface area contributed by atoms with Gasteiger partial charge >= 0.3 is 0 Å². The summed E-state index contributed by atoms with van der Waals surface area (Å²) in [5.74, 6) is 0.761. The van der Waals surface area contributed by atoms with Gasteiger partial charge in [0.15, 0.2) is 5.65 Å². The van der Waals surface area contributed by atoms with Crippen LogP contribution in [0.3, 0.4) is 0 Å². The lowest BCUT2D eigenvalue weighted by Crippen LogP contribution is -2.29. The van der Waals surface area contributed by atoms with Crippen molar-refractivity contribution in [1.82, 2.24) is 24.9 Å². The van der Waals surface area contributed by atoms with Crippen LogP contribution in [0.5, 0.6) is 5.88 Å². The Labute approximate surface area is 155 Å². The van der Waals surface area contributed by atoms with Crippen molar-refractivity contribution in [3.05, 3.63) is 54.2 Å². The van der Waals surface area contributed by atoms with Gasteiger partial charge in [0.25, 0.3) is 0 Å². The number of hydrogen-bond acceptors (Lipinski definition) is 6. The van der Waals surface area contributed by atoms with Gasteiger partial charge < -0.3 is 15.4 Å². The third-order valence-corrected chi connectivity index (χ3v) is 5.06. The molecule has 2 bridgehead atoms. The number of halogens is 1. The molecular weight excluding hydrogens is 347 g/mol. The fourth-order valence-corrected chi connectivity index (χ4v) is 3.44. The average molecular weight is 366 g/mol. The number of nitrogens with one attached hydrogen (secondary N) is 2. The standard InChI is InChI=1S/C19H19FN6O/c1-11-8-21-12(2)14-10-23-26-6-3-16(24-17(14)26)25-19(4-5-19)15-7-13(20)9-22-18(15)27-11/h3,6-7,9-11,21H,2,4-5,8H2,1H3,(H,24,25)/t11-/m0/s1. The molecule has 0 saturated heterocycles. The van der Waals surface area contributed by atoms with Gasteiger partial charge in [0.2, 0.25) is 5.88 Å². The van der Waals surface area contributed by atoms with Crippen molar-refractivity contribution in [3.63, 3.8) is 0 Å². The molecule has 1 saturated carbocycles. The highest BCUT2D eigenvalue weighted by Crippen LogP contribution is 2.51. The number of ether oxygens (including phenoxy) is 1. The van der Waals surface area contributed by atoms with E-state index >= 15 is 0 Å². The largest absolute Gasteiger partial charge is 0.473 e. The van der Waals surface area contributed by atoms with Crippen LogP contribution in [0.1, 0.15) is 30.9 Å². The lowest BCUT2D eigenvalue weighted by molar-refractivity contribution is 0.210. The van der Waals surface area contributed by atoms with Crippen molar-refractivity contribution in [2.45, 2.75) is 31.4 Å². The van der Waals surface area contributed by atoms with Gasteiger partial charge in [0.05, 0.1) is 30.0 Å². The highest BCUT2D eigenvalue weighted by Gasteiger charge is 2.47. The van der Waals surface area contributed by atoms with Crippen LogP contribution in [0.15, 0.2) is 37.3 Å². The van der Waals surface area contributed by atoms with E-state index in [1.54, 1.807) is 10.7 Å². The van der Waals surface area contributed by atoms with E-state index in [4.69, 9.17) is 9.72 Å². The second-order valence-corrected chi connectivity index (χ2v) is 7.14. The zero-order valence-corrected chi connectivity index (χ0v) is 14.9. The summed E-state index contributed by atoms with van der Waals surface area (Å²) in [6.07, 6.45) is 6.30. The van der Waals surface area contributed by atoms with Gasteiger partial charge in [-0.25, -0.2) is 18.9 Å². The number of nitrogens with zero attached hydrogens (tertiary/aromatic N) is 4. The molecule has 0 radical (unpaired) electrons. The van der Waals surface area contributed by atoms with Crippen LogP contribution in [0.4, 0.5) is 10.2 Å². The van der Waals surface area contributed by atoms with Crippen LogP contribution >= 0.6 is 0 Å². The molecule has 7 nitrogen and oxygen atoms in total. The van der Waals surface area contributed by atoms with E-state index in [0.717, 1.165) is 29.7 Å². The fraction of sp³-hybridized carbons (Fsp3) is 0.316. The Balaban J connectivity index is 1.66. The van der Waals surface area contributed by atoms with E-state index in [9.17, 15) is 4.39 Å². The summed E-state index contributed by atoms with van der Waals surface area (Å²) in [5.41, 5.74) is 2.56. The smallest absolute Gasteiger partial charge is 0.219 e. The van der Waals surface area contributed by atoms with Crippen molar-refractivity contribution < 1.29 is 9.13 Å². The first kappa shape index (κ1) is 16.0. The molecule has 0 aromatic carbocycles. The Morgan fingerprint density at radius 2 is 2.22 bits per heavy atom. The Kier molecular flexibility index (Phi) is 3.37. The molecule has 8 heteroatoms. The van der Waals surface area contributed by atoms with Crippen LogP contribution in [-0.4, -0.2) is 32.2 Å². The maximum Gasteiger partial charge on any atom is 0.219 e. The highest BCUT2D eigenvalue weighted by molar-refractivity contribution is 5.74. The summed E-state index contributed by atoms with van der Waals surface area (Å²) in [6.45, 7) is 6.56. The van der Waals surface area contributed by atoms with Gasteiger partial charge in [-0.3, -0.25) is 0 Å². The van der Waals surface area contributed by atoms with Gasteiger partial charge in [-0.2, -0.15) is 5.10 Å². The quantitative estimate of drug-likeness (QED) is 0.637. The Morgan fingerprint density at radius 1 is 1.37 bits per heavy atom. The predicted molar refractivity (Wildman–Crippen MR) is 98.8 cm³/mol. The monoisotopic (exact) mass is 366 g/mol. The van der Waals surface area contributed by atoms with Gasteiger partial charge in [0, 0.05) is 17.5 Å². The van der Waals surface area contributed by atoms with Crippen molar-refractivity contribution in [3.8, 4) is 5.88 Å². The minimum absolute atomic E-state index is 0.183. The average Bonchev–Trinajstić information content (AvgIpc) is 3.30. The van der Waals surface area contributed by atoms with E-state index in [1.165, 1.54) is 12.3 Å². The summed E-state index contributed by atoms with van der Waals surface area (Å²) in [7, 11) is 0. The van der Waals surface area contributed by atoms with Crippen molar-refractivity contribution in [1.29, 1.82) is 0 Å². The molecule has 0 unspecified atom stereocenters. The first-order valence-corrected chi connectivity index (χ1v) is 8.92. The molecule has 1 spiro atoms. The van der Waals surface area contributed by atoms with Gasteiger partial charge in [-0.15, -0.1) is 0 Å². The van der Waals surface area contributed by atoms with E-state index in [1.807, 2.05) is 19.2 Å². The zero-order valence-electron chi connectivity index (χ0n) is 14.9. The Bertz CT molecular complexity index is 1060. The van der Waals surface area contributed by atoms with E-state index < -0.39 is 5.54 Å². The molecule has 0 amide bonds. The highest BCUT2D eigenvalue weighted by atomic mass is 19.1. The van der Waals surface area contributed by atoms with Crippen LogP contribution in [0, 0.1) is 5.82 Å². The molecule has 1 aliphatic heterocycles. The van der Waals surface area contributed by atoms with Crippen LogP contribution < -0.4 is 15.4 Å². The lowest BCUT2D eigenvalue weighted by Gasteiger charge is -2.23. The Morgan fingerprint density at radius 3 is 3.04 bits per heavy atom. The first-order chi connectivity index (χ1) is 13.0. The van der Waals surface area contributed by atoms with E-state index in [2.05, 4.69) is 27.3 Å². The molecule has 1 fully saturated rings. The summed E-state index contributed by atoms with van der Waals surface area (Å²) >= 11 is 0. The SMILES string of the molecule is C=C1NC[C@H](C)Oc2ncc(F)cc2C2(CC2)Nc2ccn3ncc1c3n2. The van der Waals surface area contributed by atoms with Crippen molar-refractivity contribution in [2.75, 3.05) is 11.9 Å². The second-order valence-electron chi connectivity index (χ2n) is 7.14. The number of anilines is 1. The third kappa shape index (κ3) is 2.68. The predicted octanol–water partition coefficient (Wildman–Crippen LogP) is 2.71. The van der Waals surface area contributed by atoms with Gasteiger partial charge in [-0.05, 0) is 31.9 Å². The molecule has 3 aromatic rings. The van der Waals surface area contributed by atoms with Crippen LogP contribution in [-0.2, 0) is 5.54 Å². The molecule has 27 heavy (non-hydrogen) atoms. The number of rotatable bonds is 0. The van der Waals surface area contributed by atoms with E-state index in [-0.39, 0.29) is 11.9 Å². The molecule has 2 aliphatic rings. The lowest BCUT2D eigenvalue weighted by atomic mass is 10.1. The van der Waals surface area contributed by atoms with Gasteiger partial charge in [-0.1, -0.05) is 6.58 Å². The number of aromatic nitrogens is 4. The molecule has 138 valence electrons. The summed E-state index contributed by atoms with van der Waals surface area (Å²) < 4.78 is 21.7. The topological polar surface area (TPSA) is 76.4 Å². The zero-order chi connectivity index (χ0) is 18.6. The summed E-state index contributed by atoms with van der Waals surface area (Å²) in [6, 6.07) is 3.36. The molecule has 1 aliphatic carbocycles. The fourth-order valence-electron chi connectivity index (χ4n) is 3.44. The molecule has 4 heterocycles. The molecule has 5 rings (SSSR count). The molecular formula is C19H19FN6O. The maximum absolute atomic E-state index is 14.0. The third-order valence-electron chi connectivity index (χ3n) is 5.06. The molecule has 3 aromatic heterocycles. The van der Waals surface area contributed by atoms with Crippen molar-refractivity contribution in [2.24, 2.45) is 0 Å². The van der Waals surface area contributed by atoms with Gasteiger partial charge in [0.1, 0.15) is 17.7 Å². The number of pyridine rings is 1. The minimum Gasteiger partial charge on any atom is -0.473 e. The van der Waals surface area contributed by atoms with Crippen LogP contribution in [0.25, 0.3) is 11.3 Å². The number of fused-ring (bicyclic) bond motifs is 3. The minimum atomic E-state index is -0.422. The summed E-state index contributed by atoms with van der Waals surface area (Å²) in [4.78, 5) is 8.92. The summed E-state index contributed by atoms with van der Waals surface area (Å²) in [5, 5.41) is 11.1. The Hall–Kier alpha value is -3.16. The molecule has 2 N–H and O–H groups in total. The van der Waals surface area contributed by atoms with Crippen LogP contribution in [0.2, 0.25) is 0 Å².